The lowest BCUT2D eigenvalue weighted by Gasteiger charge is -2.14. The Bertz CT molecular complexity index is 555. The Hall–Kier alpha value is -1.79. The molecule has 0 aliphatic heterocycles. The molecule has 0 spiro atoms. The van der Waals surface area contributed by atoms with Crippen molar-refractivity contribution in [1.82, 2.24) is 15.3 Å². The largest absolute Gasteiger partial charge is 0.396 e. The van der Waals surface area contributed by atoms with E-state index in [0.717, 1.165) is 18.7 Å². The van der Waals surface area contributed by atoms with E-state index in [9.17, 15) is 9.90 Å². The molecule has 2 heterocycles. The summed E-state index contributed by atoms with van der Waals surface area (Å²) >= 11 is 1.63. The number of hydrogen-bond acceptors (Lipinski definition) is 5. The standard InChI is InChI=1S/C15H19N3O2S/c1-2-14-16-7-13(8-17-14)15(20)18-6-12(9-19)5-11-3-4-21-10-11/h3-4,7-8,10,12,19H,2,5-6,9H2,1H3,(H,18,20)/t12-/m1/s1. The lowest BCUT2D eigenvalue weighted by atomic mass is 10.0. The molecule has 21 heavy (non-hydrogen) atoms. The van der Waals surface area contributed by atoms with Crippen molar-refractivity contribution >= 4 is 17.2 Å². The van der Waals surface area contributed by atoms with Gasteiger partial charge in [-0.15, -0.1) is 0 Å². The predicted octanol–water partition coefficient (Wildman–Crippen LogP) is 1.68. The van der Waals surface area contributed by atoms with Crippen LogP contribution in [-0.4, -0.2) is 34.1 Å². The van der Waals surface area contributed by atoms with Crippen molar-refractivity contribution < 1.29 is 9.90 Å². The number of aryl methyl sites for hydroxylation is 1. The fraction of sp³-hybridized carbons (Fsp3) is 0.400. The van der Waals surface area contributed by atoms with E-state index >= 15 is 0 Å². The van der Waals surface area contributed by atoms with Crippen molar-refractivity contribution in [3.8, 4) is 0 Å². The van der Waals surface area contributed by atoms with Crippen molar-refractivity contribution in [3.05, 3.63) is 46.2 Å². The molecule has 0 aromatic carbocycles. The van der Waals surface area contributed by atoms with Crippen LogP contribution in [0.3, 0.4) is 0 Å². The highest BCUT2D eigenvalue weighted by Crippen LogP contribution is 2.12. The van der Waals surface area contributed by atoms with Crippen LogP contribution in [0.15, 0.2) is 29.2 Å². The van der Waals surface area contributed by atoms with E-state index in [1.807, 2.05) is 18.4 Å². The second-order valence-electron chi connectivity index (χ2n) is 4.84. The molecular formula is C15H19N3O2S. The molecule has 0 fully saturated rings. The lowest BCUT2D eigenvalue weighted by Crippen LogP contribution is -2.32. The number of amides is 1. The van der Waals surface area contributed by atoms with Crippen molar-refractivity contribution in [2.75, 3.05) is 13.2 Å². The molecule has 2 rings (SSSR count). The molecule has 0 aliphatic carbocycles. The van der Waals surface area contributed by atoms with E-state index in [4.69, 9.17) is 0 Å². The monoisotopic (exact) mass is 305 g/mol. The van der Waals surface area contributed by atoms with Gasteiger partial charge < -0.3 is 10.4 Å². The van der Waals surface area contributed by atoms with Crippen molar-refractivity contribution in [2.24, 2.45) is 5.92 Å². The van der Waals surface area contributed by atoms with Crippen LogP contribution in [0.1, 0.15) is 28.7 Å². The summed E-state index contributed by atoms with van der Waals surface area (Å²) in [4.78, 5) is 20.2. The Kier molecular flexibility index (Phi) is 5.83. The number of carbonyl (C=O) groups is 1. The van der Waals surface area contributed by atoms with Gasteiger partial charge in [-0.3, -0.25) is 4.79 Å². The number of hydrogen-bond donors (Lipinski definition) is 2. The molecule has 6 heteroatoms. The number of nitrogens with one attached hydrogen (secondary N) is 1. The maximum Gasteiger partial charge on any atom is 0.254 e. The molecule has 0 bridgehead atoms. The number of aliphatic hydroxyl groups excluding tert-OH is 1. The minimum Gasteiger partial charge on any atom is -0.396 e. The Labute approximate surface area is 128 Å². The van der Waals surface area contributed by atoms with Crippen molar-refractivity contribution in [2.45, 2.75) is 19.8 Å². The third-order valence-corrected chi connectivity index (χ3v) is 3.93. The van der Waals surface area contributed by atoms with Gasteiger partial charge in [-0.25, -0.2) is 9.97 Å². The molecule has 0 radical (unpaired) electrons. The second-order valence-corrected chi connectivity index (χ2v) is 5.62. The van der Waals surface area contributed by atoms with Crippen LogP contribution < -0.4 is 5.32 Å². The van der Waals surface area contributed by atoms with Crippen LogP contribution >= 0.6 is 11.3 Å². The fourth-order valence-electron chi connectivity index (χ4n) is 1.94. The average Bonchev–Trinajstić information content (AvgIpc) is 3.04. The molecule has 2 aromatic heterocycles. The minimum absolute atomic E-state index is 0.0133. The zero-order valence-electron chi connectivity index (χ0n) is 12.0. The number of thiophene rings is 1. The molecule has 2 N–H and O–H groups in total. The van der Waals surface area contributed by atoms with E-state index in [1.165, 1.54) is 18.0 Å². The quantitative estimate of drug-likeness (QED) is 0.816. The Balaban J connectivity index is 1.86. The number of nitrogens with zero attached hydrogens (tertiary/aromatic N) is 2. The number of aliphatic hydroxyl groups is 1. The van der Waals surface area contributed by atoms with Gasteiger partial charge >= 0.3 is 0 Å². The third-order valence-electron chi connectivity index (χ3n) is 3.20. The van der Waals surface area contributed by atoms with Crippen LogP contribution in [0, 0.1) is 5.92 Å². The number of carbonyl (C=O) groups excluding carboxylic acids is 1. The zero-order valence-corrected chi connectivity index (χ0v) is 12.8. The lowest BCUT2D eigenvalue weighted by molar-refractivity contribution is 0.0939. The minimum atomic E-state index is -0.207. The van der Waals surface area contributed by atoms with Crippen LogP contribution in [-0.2, 0) is 12.8 Å². The molecule has 1 amide bonds. The maximum atomic E-state index is 12.0. The Morgan fingerprint density at radius 2 is 2.19 bits per heavy atom. The third kappa shape index (κ3) is 4.61. The summed E-state index contributed by atoms with van der Waals surface area (Å²) in [5.41, 5.74) is 1.63. The summed E-state index contributed by atoms with van der Waals surface area (Å²) in [5, 5.41) is 16.3. The molecule has 0 saturated heterocycles. The van der Waals surface area contributed by atoms with Gasteiger partial charge in [0.05, 0.1) is 5.56 Å². The molecule has 2 aromatic rings. The second kappa shape index (κ2) is 7.85. The van der Waals surface area contributed by atoms with E-state index in [2.05, 4.69) is 20.7 Å². The molecule has 1 atom stereocenters. The normalized spacial score (nSPS) is 12.1. The zero-order chi connectivity index (χ0) is 15.1. The van der Waals surface area contributed by atoms with Gasteiger partial charge in [0, 0.05) is 37.9 Å². The van der Waals surface area contributed by atoms with Gasteiger partial charge in [0.25, 0.3) is 5.91 Å². The SMILES string of the molecule is CCc1ncc(C(=O)NC[C@H](CO)Cc2ccsc2)cn1. The molecule has 0 saturated carbocycles. The number of rotatable bonds is 7. The maximum absolute atomic E-state index is 12.0. The summed E-state index contributed by atoms with van der Waals surface area (Å²) in [6.07, 6.45) is 4.57. The summed E-state index contributed by atoms with van der Waals surface area (Å²) in [6, 6.07) is 2.03. The topological polar surface area (TPSA) is 75.1 Å². The Morgan fingerprint density at radius 3 is 2.76 bits per heavy atom. The van der Waals surface area contributed by atoms with Gasteiger partial charge in [-0.05, 0) is 28.8 Å². The molecular weight excluding hydrogens is 286 g/mol. The van der Waals surface area contributed by atoms with Gasteiger partial charge in [0.15, 0.2) is 0 Å². The predicted molar refractivity (Wildman–Crippen MR) is 82.3 cm³/mol. The van der Waals surface area contributed by atoms with E-state index < -0.39 is 0 Å². The first-order valence-electron chi connectivity index (χ1n) is 6.94. The summed E-state index contributed by atoms with van der Waals surface area (Å²) in [7, 11) is 0. The van der Waals surface area contributed by atoms with Gasteiger partial charge in [-0.2, -0.15) is 11.3 Å². The first-order valence-corrected chi connectivity index (χ1v) is 7.88. The Morgan fingerprint density at radius 1 is 1.43 bits per heavy atom. The van der Waals surface area contributed by atoms with Gasteiger partial charge in [-0.1, -0.05) is 6.92 Å². The molecule has 0 aliphatic rings. The van der Waals surface area contributed by atoms with E-state index in [-0.39, 0.29) is 18.4 Å². The van der Waals surface area contributed by atoms with Gasteiger partial charge in [0.1, 0.15) is 5.82 Å². The van der Waals surface area contributed by atoms with Crippen molar-refractivity contribution in [1.29, 1.82) is 0 Å². The molecule has 0 unspecified atom stereocenters. The van der Waals surface area contributed by atoms with Crippen LogP contribution in [0.25, 0.3) is 0 Å². The van der Waals surface area contributed by atoms with E-state index in [0.29, 0.717) is 12.1 Å². The summed E-state index contributed by atoms with van der Waals surface area (Å²) in [6.45, 7) is 2.44. The van der Waals surface area contributed by atoms with Crippen LogP contribution in [0.4, 0.5) is 0 Å². The average molecular weight is 305 g/mol. The summed E-state index contributed by atoms with van der Waals surface area (Å²) < 4.78 is 0. The first-order chi connectivity index (χ1) is 10.2. The van der Waals surface area contributed by atoms with Crippen molar-refractivity contribution in [3.63, 3.8) is 0 Å². The van der Waals surface area contributed by atoms with Gasteiger partial charge in [0.2, 0.25) is 0 Å². The molecule has 112 valence electrons. The molecule has 5 nitrogen and oxygen atoms in total. The number of aromatic nitrogens is 2. The smallest absolute Gasteiger partial charge is 0.254 e. The highest BCUT2D eigenvalue weighted by atomic mass is 32.1. The van der Waals surface area contributed by atoms with Crippen LogP contribution in [0.5, 0.6) is 0 Å². The van der Waals surface area contributed by atoms with Crippen LogP contribution in [0.2, 0.25) is 0 Å². The van der Waals surface area contributed by atoms with E-state index in [1.54, 1.807) is 11.3 Å². The first kappa shape index (κ1) is 15.6. The fourth-order valence-corrected chi connectivity index (χ4v) is 2.62. The highest BCUT2D eigenvalue weighted by Gasteiger charge is 2.12. The highest BCUT2D eigenvalue weighted by molar-refractivity contribution is 7.07. The summed E-state index contributed by atoms with van der Waals surface area (Å²) in [5.74, 6) is 0.526.